The van der Waals surface area contributed by atoms with Gasteiger partial charge in [0.15, 0.2) is 5.78 Å². The Morgan fingerprint density at radius 1 is 0.680 bits per heavy atom. The second kappa shape index (κ2) is 7.45. The lowest BCUT2D eigenvalue weighted by atomic mass is 10.0. The number of rotatable bonds is 5. The number of benzene rings is 3. The van der Waals surface area contributed by atoms with Crippen molar-refractivity contribution in [3.8, 4) is 17.2 Å². The molecule has 0 saturated heterocycles. The quantitative estimate of drug-likeness (QED) is 0.388. The van der Waals surface area contributed by atoms with Gasteiger partial charge >= 0.3 is 5.97 Å². The van der Waals surface area contributed by atoms with Crippen LogP contribution in [0.2, 0.25) is 0 Å². The molecule has 0 aliphatic carbocycles. The molecule has 0 saturated carbocycles. The van der Waals surface area contributed by atoms with Crippen molar-refractivity contribution in [2.75, 3.05) is 0 Å². The Hall–Kier alpha value is -3.40. The van der Waals surface area contributed by atoms with Gasteiger partial charge in [0, 0.05) is 18.1 Å². The minimum absolute atomic E-state index is 0.174. The Morgan fingerprint density at radius 2 is 1.24 bits per heavy atom. The molecule has 0 unspecified atom stereocenters. The van der Waals surface area contributed by atoms with Crippen LogP contribution in [0.4, 0.5) is 0 Å². The van der Waals surface area contributed by atoms with E-state index in [1.54, 1.807) is 48.5 Å². The lowest BCUT2D eigenvalue weighted by Gasteiger charge is -2.08. The van der Waals surface area contributed by atoms with Crippen LogP contribution in [0, 0.1) is 0 Å². The number of ether oxygens (including phenoxy) is 2. The van der Waals surface area contributed by atoms with E-state index in [2.05, 4.69) is 0 Å². The van der Waals surface area contributed by atoms with Gasteiger partial charge in [0.1, 0.15) is 17.2 Å². The molecule has 0 aliphatic heterocycles. The molecule has 0 atom stereocenters. The smallest absolute Gasteiger partial charge is 0.308 e. The summed E-state index contributed by atoms with van der Waals surface area (Å²) in [7, 11) is 0. The molecule has 3 aromatic carbocycles. The van der Waals surface area contributed by atoms with E-state index in [1.165, 1.54) is 6.92 Å². The van der Waals surface area contributed by atoms with E-state index in [0.29, 0.717) is 28.4 Å². The highest BCUT2D eigenvalue weighted by molar-refractivity contribution is 6.09. The summed E-state index contributed by atoms with van der Waals surface area (Å²) in [5, 5.41) is 0. The maximum Gasteiger partial charge on any atom is 0.308 e. The molecule has 4 nitrogen and oxygen atoms in total. The average molecular weight is 332 g/mol. The zero-order valence-corrected chi connectivity index (χ0v) is 13.6. The minimum Gasteiger partial charge on any atom is -0.457 e. The third-order valence-corrected chi connectivity index (χ3v) is 3.43. The first kappa shape index (κ1) is 16.5. The Bertz CT molecular complexity index is 901. The maximum absolute atomic E-state index is 12.7. The molecular weight excluding hydrogens is 316 g/mol. The molecule has 0 N–H and O–H groups in total. The van der Waals surface area contributed by atoms with Gasteiger partial charge in [-0.1, -0.05) is 42.5 Å². The first-order valence-electron chi connectivity index (χ1n) is 7.78. The van der Waals surface area contributed by atoms with Crippen molar-refractivity contribution in [1.82, 2.24) is 0 Å². The molecule has 25 heavy (non-hydrogen) atoms. The summed E-state index contributed by atoms with van der Waals surface area (Å²) in [6, 6.07) is 22.9. The van der Waals surface area contributed by atoms with Crippen LogP contribution in [-0.4, -0.2) is 11.8 Å². The van der Waals surface area contributed by atoms with Gasteiger partial charge in [-0.3, -0.25) is 9.59 Å². The van der Waals surface area contributed by atoms with E-state index in [1.807, 2.05) is 30.3 Å². The number of para-hydroxylation sites is 1. The monoisotopic (exact) mass is 332 g/mol. The van der Waals surface area contributed by atoms with Crippen molar-refractivity contribution in [1.29, 1.82) is 0 Å². The highest BCUT2D eigenvalue weighted by Gasteiger charge is 2.12. The molecule has 0 heterocycles. The van der Waals surface area contributed by atoms with E-state index < -0.39 is 5.97 Å². The van der Waals surface area contributed by atoms with Gasteiger partial charge in [-0.2, -0.15) is 0 Å². The molecule has 0 aliphatic rings. The van der Waals surface area contributed by atoms with Crippen molar-refractivity contribution >= 4 is 11.8 Å². The molecule has 0 spiro atoms. The normalized spacial score (nSPS) is 10.1. The van der Waals surface area contributed by atoms with E-state index in [0.717, 1.165) is 0 Å². The summed E-state index contributed by atoms with van der Waals surface area (Å²) in [6.07, 6.45) is 0. The minimum atomic E-state index is -0.428. The van der Waals surface area contributed by atoms with E-state index in [9.17, 15) is 9.59 Å². The number of carbonyl (C=O) groups is 2. The highest BCUT2D eigenvalue weighted by atomic mass is 16.5. The first-order valence-corrected chi connectivity index (χ1v) is 7.78. The molecule has 3 rings (SSSR count). The molecule has 0 bridgehead atoms. The predicted octanol–water partition coefficient (Wildman–Crippen LogP) is 4.64. The summed E-state index contributed by atoms with van der Waals surface area (Å²) in [6.45, 7) is 1.32. The SMILES string of the molecule is CC(=O)Oc1cccc(C(=O)c2cccc(Oc3ccccc3)c2)c1. The summed E-state index contributed by atoms with van der Waals surface area (Å²) in [4.78, 5) is 23.8. The lowest BCUT2D eigenvalue weighted by Crippen LogP contribution is -2.04. The molecule has 3 aromatic rings. The second-order valence-corrected chi connectivity index (χ2v) is 5.39. The molecular formula is C21H16O4. The number of esters is 1. The largest absolute Gasteiger partial charge is 0.457 e. The third kappa shape index (κ3) is 4.32. The van der Waals surface area contributed by atoms with Gasteiger partial charge in [-0.15, -0.1) is 0 Å². The maximum atomic E-state index is 12.7. The van der Waals surface area contributed by atoms with Crippen LogP contribution in [0.1, 0.15) is 22.8 Å². The van der Waals surface area contributed by atoms with Gasteiger partial charge in [0.05, 0.1) is 0 Å². The zero-order chi connectivity index (χ0) is 17.6. The van der Waals surface area contributed by atoms with Crippen LogP contribution in [0.5, 0.6) is 17.2 Å². The van der Waals surface area contributed by atoms with Crippen LogP contribution < -0.4 is 9.47 Å². The zero-order valence-electron chi connectivity index (χ0n) is 13.6. The average Bonchev–Trinajstić information content (AvgIpc) is 2.62. The number of hydrogen-bond donors (Lipinski definition) is 0. The molecule has 0 fully saturated rings. The van der Waals surface area contributed by atoms with Gasteiger partial charge in [-0.05, 0) is 36.4 Å². The van der Waals surface area contributed by atoms with Crippen molar-refractivity contribution < 1.29 is 19.1 Å². The fourth-order valence-electron chi connectivity index (χ4n) is 2.36. The molecule has 4 heteroatoms. The number of hydrogen-bond acceptors (Lipinski definition) is 4. The first-order chi connectivity index (χ1) is 12.1. The molecule has 0 aromatic heterocycles. The summed E-state index contributed by atoms with van der Waals surface area (Å²) < 4.78 is 10.8. The third-order valence-electron chi connectivity index (χ3n) is 3.43. The van der Waals surface area contributed by atoms with Gasteiger partial charge in [0.2, 0.25) is 0 Å². The molecule has 0 radical (unpaired) electrons. The Balaban J connectivity index is 1.83. The van der Waals surface area contributed by atoms with Gasteiger partial charge in [0.25, 0.3) is 0 Å². The predicted molar refractivity (Wildman–Crippen MR) is 94.1 cm³/mol. The van der Waals surface area contributed by atoms with Gasteiger partial charge < -0.3 is 9.47 Å². The van der Waals surface area contributed by atoms with Gasteiger partial charge in [-0.25, -0.2) is 0 Å². The fourth-order valence-corrected chi connectivity index (χ4v) is 2.36. The summed E-state index contributed by atoms with van der Waals surface area (Å²) >= 11 is 0. The van der Waals surface area contributed by atoms with Crippen LogP contribution in [0.3, 0.4) is 0 Å². The fraction of sp³-hybridized carbons (Fsp3) is 0.0476. The topological polar surface area (TPSA) is 52.6 Å². The summed E-state index contributed by atoms with van der Waals surface area (Å²) in [5.74, 6) is 1.02. The standard InChI is InChI=1S/C21H16O4/c1-15(22)24-19-11-5-7-16(13-19)21(23)17-8-6-12-20(14-17)25-18-9-3-2-4-10-18/h2-14H,1H3. The highest BCUT2D eigenvalue weighted by Crippen LogP contribution is 2.24. The number of ketones is 1. The van der Waals surface area contributed by atoms with Crippen molar-refractivity contribution in [2.24, 2.45) is 0 Å². The second-order valence-electron chi connectivity index (χ2n) is 5.39. The summed E-state index contributed by atoms with van der Waals surface area (Å²) in [5.41, 5.74) is 0.934. The molecule has 0 amide bonds. The van der Waals surface area contributed by atoms with Crippen molar-refractivity contribution in [3.63, 3.8) is 0 Å². The molecule has 124 valence electrons. The van der Waals surface area contributed by atoms with Crippen LogP contribution in [0.25, 0.3) is 0 Å². The Morgan fingerprint density at radius 3 is 1.88 bits per heavy atom. The Kier molecular flexibility index (Phi) is 4.90. The van der Waals surface area contributed by atoms with Crippen LogP contribution >= 0.6 is 0 Å². The van der Waals surface area contributed by atoms with E-state index >= 15 is 0 Å². The Labute approximate surface area is 145 Å². The van der Waals surface area contributed by atoms with E-state index in [4.69, 9.17) is 9.47 Å². The number of carbonyl (C=O) groups excluding carboxylic acids is 2. The van der Waals surface area contributed by atoms with Crippen LogP contribution in [-0.2, 0) is 4.79 Å². The lowest BCUT2D eigenvalue weighted by molar-refractivity contribution is -0.131. The van der Waals surface area contributed by atoms with Crippen molar-refractivity contribution in [2.45, 2.75) is 6.92 Å². The van der Waals surface area contributed by atoms with Crippen molar-refractivity contribution in [3.05, 3.63) is 90.0 Å². The van der Waals surface area contributed by atoms with E-state index in [-0.39, 0.29) is 5.78 Å². The van der Waals surface area contributed by atoms with Crippen LogP contribution in [0.15, 0.2) is 78.9 Å².